The predicted octanol–water partition coefficient (Wildman–Crippen LogP) is 3.50. The summed E-state index contributed by atoms with van der Waals surface area (Å²) < 4.78 is 56.6. The van der Waals surface area contributed by atoms with Crippen LogP contribution in [-0.2, 0) is 19.9 Å². The van der Waals surface area contributed by atoms with Gasteiger partial charge in [-0.25, -0.2) is 22.0 Å². The topological polar surface area (TPSA) is 124 Å². The molecular weight excluding hydrogens is 500 g/mol. The first-order chi connectivity index (χ1) is 17.0. The van der Waals surface area contributed by atoms with Crippen LogP contribution < -0.4 is 9.88 Å². The van der Waals surface area contributed by atoms with Crippen molar-refractivity contribution in [2.45, 2.75) is 40.4 Å². The van der Waals surface area contributed by atoms with Crippen molar-refractivity contribution >= 4 is 25.8 Å². The smallest absolute Gasteiger partial charge is 0.253 e. The molecule has 1 saturated heterocycles. The SMILES string of the molecule is COc1cccc(C(=O)N2CCC(c3cc(S(=O)(=O)c4ccccc4)cc(S(N)(=O)=O)c3C)CC2)c1. The molecule has 4 rings (SSSR count). The lowest BCUT2D eigenvalue weighted by molar-refractivity contribution is 0.0712. The van der Waals surface area contributed by atoms with Crippen molar-refractivity contribution < 1.29 is 26.4 Å². The number of methoxy groups -OCH3 is 1. The van der Waals surface area contributed by atoms with E-state index in [1.807, 2.05) is 0 Å². The van der Waals surface area contributed by atoms with E-state index in [1.54, 1.807) is 67.5 Å². The lowest BCUT2D eigenvalue weighted by Crippen LogP contribution is -2.38. The van der Waals surface area contributed by atoms with Gasteiger partial charge in [0.15, 0.2) is 0 Å². The van der Waals surface area contributed by atoms with Crippen LogP contribution in [0.4, 0.5) is 0 Å². The van der Waals surface area contributed by atoms with Crippen LogP contribution in [0.1, 0.15) is 40.2 Å². The van der Waals surface area contributed by atoms with Gasteiger partial charge in [-0.3, -0.25) is 4.79 Å². The van der Waals surface area contributed by atoms with Crippen molar-refractivity contribution in [3.05, 3.63) is 83.4 Å². The van der Waals surface area contributed by atoms with Gasteiger partial charge in [-0.15, -0.1) is 0 Å². The average Bonchev–Trinajstić information content (AvgIpc) is 2.88. The molecule has 3 aromatic carbocycles. The summed E-state index contributed by atoms with van der Waals surface area (Å²) in [5.74, 6) is 0.346. The fourth-order valence-corrected chi connectivity index (χ4v) is 6.88. The maximum absolute atomic E-state index is 13.3. The van der Waals surface area contributed by atoms with Crippen molar-refractivity contribution in [1.29, 1.82) is 0 Å². The second kappa shape index (κ2) is 10.0. The van der Waals surface area contributed by atoms with Gasteiger partial charge in [0, 0.05) is 18.7 Å². The van der Waals surface area contributed by atoms with Crippen LogP contribution in [-0.4, -0.2) is 47.8 Å². The maximum Gasteiger partial charge on any atom is 0.253 e. The van der Waals surface area contributed by atoms with E-state index >= 15 is 0 Å². The Morgan fingerprint density at radius 2 is 1.58 bits per heavy atom. The van der Waals surface area contributed by atoms with Gasteiger partial charge in [-0.2, -0.15) is 0 Å². The van der Waals surface area contributed by atoms with Gasteiger partial charge in [0.2, 0.25) is 19.9 Å². The highest BCUT2D eigenvalue weighted by molar-refractivity contribution is 7.91. The number of carbonyl (C=O) groups is 1. The summed E-state index contributed by atoms with van der Waals surface area (Å²) in [6, 6.07) is 17.5. The fraction of sp³-hybridized carbons (Fsp3) is 0.269. The molecule has 0 spiro atoms. The molecule has 0 atom stereocenters. The van der Waals surface area contributed by atoms with Gasteiger partial charge in [0.05, 0.1) is 21.8 Å². The molecule has 0 unspecified atom stereocenters. The number of rotatable bonds is 6. The summed E-state index contributed by atoms with van der Waals surface area (Å²) in [4.78, 5) is 14.5. The average molecular weight is 529 g/mol. The Morgan fingerprint density at radius 3 is 2.19 bits per heavy atom. The molecule has 0 saturated carbocycles. The number of sulfonamides is 1. The number of carbonyl (C=O) groups excluding carboxylic acids is 1. The molecule has 0 aromatic heterocycles. The molecule has 36 heavy (non-hydrogen) atoms. The second-order valence-electron chi connectivity index (χ2n) is 8.80. The molecular formula is C26H28N2O6S2. The predicted molar refractivity (Wildman–Crippen MR) is 135 cm³/mol. The molecule has 1 fully saturated rings. The summed E-state index contributed by atoms with van der Waals surface area (Å²) in [5, 5.41) is 5.47. The monoisotopic (exact) mass is 528 g/mol. The molecule has 1 heterocycles. The zero-order valence-electron chi connectivity index (χ0n) is 20.0. The van der Waals surface area contributed by atoms with E-state index in [2.05, 4.69) is 0 Å². The molecule has 10 heteroatoms. The van der Waals surface area contributed by atoms with Crippen molar-refractivity contribution in [1.82, 2.24) is 4.90 Å². The first kappa shape index (κ1) is 25.9. The first-order valence-electron chi connectivity index (χ1n) is 11.4. The number of likely N-dealkylation sites (tertiary alicyclic amines) is 1. The Bertz CT molecular complexity index is 1490. The number of nitrogens with two attached hydrogens (primary N) is 1. The molecule has 2 N–H and O–H groups in total. The van der Waals surface area contributed by atoms with Gasteiger partial charge >= 0.3 is 0 Å². The Kier molecular flexibility index (Phi) is 7.21. The highest BCUT2D eigenvalue weighted by atomic mass is 32.2. The zero-order valence-corrected chi connectivity index (χ0v) is 21.7. The number of benzene rings is 3. The highest BCUT2D eigenvalue weighted by Gasteiger charge is 2.30. The van der Waals surface area contributed by atoms with Crippen molar-refractivity contribution in [2.75, 3.05) is 20.2 Å². The third kappa shape index (κ3) is 5.16. The van der Waals surface area contributed by atoms with Gasteiger partial charge in [-0.1, -0.05) is 24.3 Å². The summed E-state index contributed by atoms with van der Waals surface area (Å²) in [6.45, 7) is 2.53. The van der Waals surface area contributed by atoms with Crippen molar-refractivity contribution in [3.8, 4) is 5.75 Å². The third-order valence-corrected chi connectivity index (χ3v) is 9.37. The quantitative estimate of drug-likeness (QED) is 0.522. The van der Waals surface area contributed by atoms with E-state index in [-0.39, 0.29) is 26.5 Å². The van der Waals surface area contributed by atoms with Crippen LogP contribution in [0.2, 0.25) is 0 Å². The molecule has 8 nitrogen and oxygen atoms in total. The molecule has 190 valence electrons. The van der Waals surface area contributed by atoms with Crippen LogP contribution >= 0.6 is 0 Å². The van der Waals surface area contributed by atoms with E-state index in [9.17, 15) is 21.6 Å². The molecule has 0 bridgehead atoms. The molecule has 1 aliphatic heterocycles. The van der Waals surface area contributed by atoms with E-state index in [0.29, 0.717) is 48.4 Å². The van der Waals surface area contributed by atoms with Crippen LogP contribution in [0.5, 0.6) is 5.75 Å². The molecule has 1 amide bonds. The number of hydrogen-bond acceptors (Lipinski definition) is 6. The maximum atomic E-state index is 13.3. The van der Waals surface area contributed by atoms with Crippen LogP contribution in [0.3, 0.4) is 0 Å². The van der Waals surface area contributed by atoms with Crippen LogP contribution in [0.15, 0.2) is 81.4 Å². The molecule has 0 aliphatic carbocycles. The second-order valence-corrected chi connectivity index (χ2v) is 12.3. The number of piperidine rings is 1. The zero-order chi connectivity index (χ0) is 26.1. The number of nitrogens with zero attached hydrogens (tertiary/aromatic N) is 1. The summed E-state index contributed by atoms with van der Waals surface area (Å²) in [6.07, 6.45) is 1.10. The summed E-state index contributed by atoms with van der Waals surface area (Å²) in [5.41, 5.74) is 1.57. The van der Waals surface area contributed by atoms with Gasteiger partial charge in [0.25, 0.3) is 5.91 Å². The summed E-state index contributed by atoms with van der Waals surface area (Å²) >= 11 is 0. The van der Waals surface area contributed by atoms with E-state index in [0.717, 1.165) is 6.07 Å². The van der Waals surface area contributed by atoms with E-state index in [4.69, 9.17) is 9.88 Å². The van der Waals surface area contributed by atoms with Crippen molar-refractivity contribution in [2.24, 2.45) is 5.14 Å². The molecule has 1 aliphatic rings. The minimum Gasteiger partial charge on any atom is -0.497 e. The Balaban J connectivity index is 1.66. The standard InChI is InChI=1S/C26H28N2O6S2/c1-18-24(19-11-13-28(14-12-19)26(29)20-7-6-8-21(15-20)34-2)16-23(17-25(18)36(27,32)33)35(30,31)22-9-4-3-5-10-22/h3-10,15-17,19H,11-14H2,1-2H3,(H2,27,32,33). The largest absolute Gasteiger partial charge is 0.497 e. The highest BCUT2D eigenvalue weighted by Crippen LogP contribution is 2.36. The lowest BCUT2D eigenvalue weighted by atomic mass is 9.86. The Morgan fingerprint density at radius 1 is 0.917 bits per heavy atom. The first-order valence-corrected chi connectivity index (χ1v) is 14.5. The molecule has 3 aromatic rings. The minimum absolute atomic E-state index is 0.0684. The number of primary sulfonamides is 1. The number of sulfone groups is 1. The Hall–Kier alpha value is -3.21. The number of hydrogen-bond donors (Lipinski definition) is 1. The third-order valence-electron chi connectivity index (χ3n) is 6.58. The molecule has 0 radical (unpaired) electrons. The Labute approximate surface area is 211 Å². The van der Waals surface area contributed by atoms with Crippen LogP contribution in [0, 0.1) is 6.92 Å². The van der Waals surface area contributed by atoms with Gasteiger partial charge in [0.1, 0.15) is 5.75 Å². The lowest BCUT2D eigenvalue weighted by Gasteiger charge is -2.33. The normalized spacial score (nSPS) is 15.0. The summed E-state index contributed by atoms with van der Waals surface area (Å²) in [7, 11) is -6.59. The minimum atomic E-state index is -4.17. The van der Waals surface area contributed by atoms with Gasteiger partial charge in [-0.05, 0) is 79.3 Å². The van der Waals surface area contributed by atoms with Crippen molar-refractivity contribution in [3.63, 3.8) is 0 Å². The number of amides is 1. The van der Waals surface area contributed by atoms with E-state index in [1.165, 1.54) is 12.1 Å². The fourth-order valence-electron chi connectivity index (χ4n) is 4.63. The van der Waals surface area contributed by atoms with Crippen LogP contribution in [0.25, 0.3) is 0 Å². The number of ether oxygens (including phenoxy) is 1. The van der Waals surface area contributed by atoms with Gasteiger partial charge < -0.3 is 9.64 Å². The van der Waals surface area contributed by atoms with E-state index < -0.39 is 19.9 Å².